The van der Waals surface area contributed by atoms with Crippen LogP contribution in [0, 0.1) is 0 Å². The lowest BCUT2D eigenvalue weighted by atomic mass is 9.98. The number of nitrogens with one attached hydrogen (secondary N) is 1. The molecule has 6 rings (SSSR count). The fourth-order valence-electron chi connectivity index (χ4n) is 5.39. The zero-order valence-electron chi connectivity index (χ0n) is 26.2. The maximum absolute atomic E-state index is 15.9. The van der Waals surface area contributed by atoms with Crippen molar-refractivity contribution < 1.29 is 42.1 Å². The zero-order chi connectivity index (χ0) is 34.1. The molecule has 1 fully saturated rings. The van der Waals surface area contributed by atoms with E-state index in [0.717, 1.165) is 10.9 Å². The summed E-state index contributed by atoms with van der Waals surface area (Å²) in [5.74, 6) is -0.584. The highest BCUT2D eigenvalue weighted by Gasteiger charge is 2.55. The Balaban J connectivity index is 1.24. The Labute approximate surface area is 274 Å². The fraction of sp³-hybridized carbons (Fsp3) is 0.312. The van der Waals surface area contributed by atoms with Crippen molar-refractivity contribution in [3.05, 3.63) is 84.7 Å². The largest absolute Gasteiger partial charge is 0.479 e. The average Bonchev–Trinajstić information content (AvgIpc) is 3.59. The summed E-state index contributed by atoms with van der Waals surface area (Å²) in [6, 6.07) is 20.3. The lowest BCUT2D eigenvalue weighted by molar-refractivity contribution is -0.146. The first-order chi connectivity index (χ1) is 23.0. The van der Waals surface area contributed by atoms with E-state index < -0.39 is 50.5 Å². The number of imidazole rings is 1. The summed E-state index contributed by atoms with van der Waals surface area (Å²) in [5, 5.41) is 15.3. The molecule has 4 N–H and O–H groups in total. The summed E-state index contributed by atoms with van der Waals surface area (Å²) in [6.45, 7) is 2.02. The molecular formula is C32H34FN6O8P. The van der Waals surface area contributed by atoms with Gasteiger partial charge in [0.25, 0.3) is 0 Å². The highest BCUT2D eigenvalue weighted by Crippen LogP contribution is 2.49. The van der Waals surface area contributed by atoms with Crippen LogP contribution in [-0.2, 0) is 30.0 Å². The van der Waals surface area contributed by atoms with Crippen molar-refractivity contribution in [2.45, 2.75) is 50.6 Å². The van der Waals surface area contributed by atoms with Crippen LogP contribution in [0.25, 0.3) is 21.9 Å². The maximum atomic E-state index is 15.9. The average molecular weight is 681 g/mol. The van der Waals surface area contributed by atoms with Gasteiger partial charge in [0, 0.05) is 5.39 Å². The number of benzene rings is 3. The van der Waals surface area contributed by atoms with E-state index >= 15 is 4.39 Å². The minimum absolute atomic E-state index is 0.0116. The third-order valence-electron chi connectivity index (χ3n) is 7.85. The van der Waals surface area contributed by atoms with Gasteiger partial charge in [0.1, 0.15) is 30.1 Å². The number of aliphatic hydroxyl groups is 1. The highest BCUT2D eigenvalue weighted by molar-refractivity contribution is 7.52. The second-order valence-corrected chi connectivity index (χ2v) is 13.1. The topological polar surface area (TPSA) is 182 Å². The molecule has 3 aromatic carbocycles. The Bertz CT molecular complexity index is 1970. The Morgan fingerprint density at radius 2 is 1.88 bits per heavy atom. The van der Waals surface area contributed by atoms with E-state index in [-0.39, 0.29) is 35.3 Å². The molecule has 0 bridgehead atoms. The number of halogens is 1. The van der Waals surface area contributed by atoms with Gasteiger partial charge >= 0.3 is 13.7 Å². The maximum Gasteiger partial charge on any atom is 0.459 e. The predicted molar refractivity (Wildman–Crippen MR) is 173 cm³/mol. The van der Waals surface area contributed by atoms with Crippen LogP contribution in [0.3, 0.4) is 0 Å². The second-order valence-electron chi connectivity index (χ2n) is 11.4. The van der Waals surface area contributed by atoms with Crippen LogP contribution in [0.4, 0.5) is 10.3 Å². The molecule has 0 radical (unpaired) electrons. The van der Waals surface area contributed by atoms with E-state index in [1.54, 1.807) is 36.4 Å². The quantitative estimate of drug-likeness (QED) is 0.124. The number of esters is 1. The van der Waals surface area contributed by atoms with Gasteiger partial charge in [0.15, 0.2) is 23.6 Å². The van der Waals surface area contributed by atoms with E-state index in [0.29, 0.717) is 5.39 Å². The van der Waals surface area contributed by atoms with Crippen LogP contribution in [0.15, 0.2) is 79.1 Å². The fourth-order valence-corrected chi connectivity index (χ4v) is 6.91. The van der Waals surface area contributed by atoms with Crippen molar-refractivity contribution in [1.29, 1.82) is 0 Å². The van der Waals surface area contributed by atoms with E-state index in [4.69, 9.17) is 29.0 Å². The molecule has 0 amide bonds. The first-order valence-electron chi connectivity index (χ1n) is 15.0. The molecule has 14 nitrogen and oxygen atoms in total. The van der Waals surface area contributed by atoms with Gasteiger partial charge in [-0.15, -0.1) is 0 Å². The van der Waals surface area contributed by atoms with E-state index in [1.807, 2.05) is 36.4 Å². The molecule has 1 aliphatic heterocycles. The molecule has 2 unspecified atom stereocenters. The van der Waals surface area contributed by atoms with Gasteiger partial charge in [-0.1, -0.05) is 66.7 Å². The van der Waals surface area contributed by atoms with Crippen LogP contribution in [0.5, 0.6) is 11.6 Å². The van der Waals surface area contributed by atoms with Crippen LogP contribution in [-0.4, -0.2) is 68.2 Å². The number of nitrogen functional groups attached to an aromatic ring is 1. The molecular weight excluding hydrogens is 646 g/mol. The van der Waals surface area contributed by atoms with E-state index in [2.05, 4.69) is 20.0 Å². The van der Waals surface area contributed by atoms with Crippen LogP contribution in [0.1, 0.15) is 25.6 Å². The second kappa shape index (κ2) is 13.5. The summed E-state index contributed by atoms with van der Waals surface area (Å²) in [4.78, 5) is 25.3. The molecule has 6 atom stereocenters. The van der Waals surface area contributed by atoms with E-state index in [1.165, 1.54) is 31.9 Å². The van der Waals surface area contributed by atoms with E-state index in [9.17, 15) is 14.5 Å². The third-order valence-corrected chi connectivity index (χ3v) is 9.48. The highest BCUT2D eigenvalue weighted by atomic mass is 31.2. The van der Waals surface area contributed by atoms with Gasteiger partial charge in [0.2, 0.25) is 11.8 Å². The Morgan fingerprint density at radius 1 is 1.15 bits per heavy atom. The first kappa shape index (κ1) is 33.2. The van der Waals surface area contributed by atoms with Crippen molar-refractivity contribution in [3.8, 4) is 11.6 Å². The van der Waals surface area contributed by atoms with Crippen molar-refractivity contribution in [2.24, 2.45) is 0 Å². The Hall–Kier alpha value is -4.66. The first-order valence-corrected chi connectivity index (χ1v) is 16.5. The molecule has 3 heterocycles. The molecule has 1 saturated heterocycles. The van der Waals surface area contributed by atoms with Gasteiger partial charge in [-0.3, -0.25) is 13.9 Å². The van der Waals surface area contributed by atoms with Crippen LogP contribution >= 0.6 is 7.75 Å². The summed E-state index contributed by atoms with van der Waals surface area (Å²) < 4.78 is 59.9. The molecule has 2 aromatic heterocycles. The zero-order valence-corrected chi connectivity index (χ0v) is 27.1. The lowest BCUT2D eigenvalue weighted by Crippen LogP contribution is -2.42. The molecule has 1 aliphatic rings. The normalized spacial score (nSPS) is 22.7. The molecule has 252 valence electrons. The molecule has 0 aliphatic carbocycles. The van der Waals surface area contributed by atoms with Gasteiger partial charge in [-0.25, -0.2) is 13.9 Å². The van der Waals surface area contributed by atoms with Crippen molar-refractivity contribution in [2.75, 3.05) is 19.5 Å². The number of fused-ring (bicyclic) bond motifs is 2. The SMILES string of the molecule is COc1nc(N)nc2c1ncn2C1O[C@H](COP(=O)(N[C@@H](C)C(=O)OCc2ccccc2)Oc2cccc3ccccc23)[C@H](F)[C@@]1(C)O. The number of carbonyl (C=O) groups excluding carboxylic acids is 1. The molecule has 48 heavy (non-hydrogen) atoms. The van der Waals surface area contributed by atoms with Gasteiger partial charge < -0.3 is 29.6 Å². The Kier molecular flexibility index (Phi) is 9.32. The van der Waals surface area contributed by atoms with Crippen LogP contribution in [0.2, 0.25) is 0 Å². The van der Waals surface area contributed by atoms with Gasteiger partial charge in [-0.05, 0) is 30.9 Å². The number of anilines is 1. The molecule has 16 heteroatoms. The lowest BCUT2D eigenvalue weighted by Gasteiger charge is -2.26. The van der Waals surface area contributed by atoms with Gasteiger partial charge in [0.05, 0.1) is 20.0 Å². The number of nitrogens with zero attached hydrogens (tertiary/aromatic N) is 4. The van der Waals surface area contributed by atoms with Crippen molar-refractivity contribution >= 4 is 41.6 Å². The minimum Gasteiger partial charge on any atom is -0.479 e. The number of aromatic nitrogens is 4. The number of methoxy groups -OCH3 is 1. The number of ether oxygens (including phenoxy) is 3. The number of carbonyl (C=O) groups is 1. The van der Waals surface area contributed by atoms with Crippen molar-refractivity contribution in [3.63, 3.8) is 0 Å². The summed E-state index contributed by atoms with van der Waals surface area (Å²) in [5.41, 5.74) is 4.81. The predicted octanol–water partition coefficient (Wildman–Crippen LogP) is 4.48. The monoisotopic (exact) mass is 680 g/mol. The number of hydrogen-bond donors (Lipinski definition) is 3. The smallest absolute Gasteiger partial charge is 0.459 e. The molecule has 5 aromatic rings. The summed E-state index contributed by atoms with van der Waals surface area (Å²) >= 11 is 0. The Morgan fingerprint density at radius 3 is 2.65 bits per heavy atom. The number of hydrogen-bond acceptors (Lipinski definition) is 12. The molecule has 0 spiro atoms. The third kappa shape index (κ3) is 6.68. The minimum atomic E-state index is -4.46. The van der Waals surface area contributed by atoms with Crippen LogP contribution < -0.4 is 20.1 Å². The molecule has 0 saturated carbocycles. The van der Waals surface area contributed by atoms with Crippen molar-refractivity contribution in [1.82, 2.24) is 24.6 Å². The summed E-state index contributed by atoms with van der Waals surface area (Å²) in [7, 11) is -3.08. The van der Waals surface area contributed by atoms with Gasteiger partial charge in [-0.2, -0.15) is 15.1 Å². The number of nitrogens with two attached hydrogens (primary N) is 1. The summed E-state index contributed by atoms with van der Waals surface area (Å²) in [6.07, 6.45) is -3.56. The standard InChI is InChI=1S/C32H34FN6O8P/c1-19(29(40)44-16-20-10-5-4-6-11-20)38-48(42,47-23-15-9-13-21-12-7-8-14-22(21)23)45-17-24-26(33)32(2,41)30(46-24)39-18-35-25-27(39)36-31(34)37-28(25)43-3/h4-15,18-19,24,26,30,41H,16-17H2,1-3H3,(H,38,42)(H2,34,36,37)/t19-,24+,26-,30?,32+,48?/m0/s1. The number of rotatable bonds is 12. The number of alkyl halides is 1.